The lowest BCUT2D eigenvalue weighted by Crippen LogP contribution is -2.34. The predicted molar refractivity (Wildman–Crippen MR) is 169 cm³/mol. The quantitative estimate of drug-likeness (QED) is 0.163. The van der Waals surface area contributed by atoms with Crippen LogP contribution in [0.1, 0.15) is 82.0 Å². The first-order chi connectivity index (χ1) is 20.5. The number of hydrogen-bond donors (Lipinski definition) is 1. The van der Waals surface area contributed by atoms with Crippen LogP contribution < -0.4 is 9.22 Å². The van der Waals surface area contributed by atoms with Gasteiger partial charge in [0.15, 0.2) is 5.01 Å². The third-order valence-electron chi connectivity index (χ3n) is 8.81. The Morgan fingerprint density at radius 2 is 1.98 bits per heavy atom. The number of pyridine rings is 1. The molecular weight excluding hydrogens is 690 g/mol. The lowest BCUT2D eigenvalue weighted by molar-refractivity contribution is -0.136. The molecule has 1 aliphatic heterocycles. The highest BCUT2D eigenvalue weighted by molar-refractivity contribution is 14.1. The summed E-state index contributed by atoms with van der Waals surface area (Å²) in [6.45, 7) is 6.13. The van der Waals surface area contributed by atoms with Crippen molar-refractivity contribution in [1.82, 2.24) is 22.4 Å². The van der Waals surface area contributed by atoms with Crippen molar-refractivity contribution in [2.24, 2.45) is 11.8 Å². The average Bonchev–Trinajstić information content (AvgIpc) is 3.49. The van der Waals surface area contributed by atoms with Crippen molar-refractivity contribution in [3.63, 3.8) is 0 Å². The molecule has 1 saturated carbocycles. The molecule has 4 heterocycles. The number of nitrogens with one attached hydrogen (secondary N) is 1. The van der Waals surface area contributed by atoms with E-state index in [0.29, 0.717) is 34.6 Å². The van der Waals surface area contributed by atoms with Crippen LogP contribution in [0.3, 0.4) is 0 Å². The van der Waals surface area contributed by atoms with Gasteiger partial charge >= 0.3 is 11.9 Å². The number of likely N-dealkylation sites (tertiary alicyclic amines) is 1. The minimum Gasteiger partial charge on any atom is -0.299 e. The van der Waals surface area contributed by atoms with Crippen LogP contribution in [0.25, 0.3) is 11.2 Å². The fourth-order valence-electron chi connectivity index (χ4n) is 6.56. The van der Waals surface area contributed by atoms with E-state index >= 15 is 0 Å². The molecule has 1 unspecified atom stereocenters. The van der Waals surface area contributed by atoms with Crippen molar-refractivity contribution in [1.29, 1.82) is 0 Å². The summed E-state index contributed by atoms with van der Waals surface area (Å²) in [7, 11) is 0. The SMILES string of the molecule is Cc1sc(C(=O)NI)nc1C(c1cccc(-n2cc3c(C(F)(F)F)cc(CN4CCC[C@H](C)C4)cn3c2=O)c1)C1CCC1. The summed E-state index contributed by atoms with van der Waals surface area (Å²) in [4.78, 5) is 33.9. The standard InChI is InChI=1S/C31H33F3IN5O2S/c1-18-6-5-11-38(14-18)15-20-12-24(31(32,33)34)25-17-39(30(42)40(25)16-20)23-10-4-9-22(13-23)26(21-7-3-8-21)27-19(2)43-29(36-27)28(41)37-35/h4,9-10,12-13,16-18,21,26H,3,5-8,11,14-15H2,1-2H3,(H,37,41)/t18-,26?/m0/s1. The van der Waals surface area contributed by atoms with Gasteiger partial charge in [0.05, 0.1) is 45.3 Å². The van der Waals surface area contributed by atoms with Gasteiger partial charge in [-0.05, 0) is 80.3 Å². The van der Waals surface area contributed by atoms with Gasteiger partial charge in [-0.15, -0.1) is 11.3 Å². The largest absolute Gasteiger partial charge is 0.418 e. The number of carbonyl (C=O) groups is 1. The fraction of sp³-hybridized carbons (Fsp3) is 0.452. The number of amides is 1. The first kappa shape index (κ1) is 30.3. The van der Waals surface area contributed by atoms with E-state index in [-0.39, 0.29) is 17.3 Å². The van der Waals surface area contributed by atoms with Crippen molar-refractivity contribution in [3.8, 4) is 5.69 Å². The van der Waals surface area contributed by atoms with E-state index in [2.05, 4.69) is 15.4 Å². The van der Waals surface area contributed by atoms with E-state index in [0.717, 1.165) is 65.7 Å². The molecule has 2 fully saturated rings. The molecule has 12 heteroatoms. The molecule has 1 aliphatic carbocycles. The Bertz CT molecular complexity index is 1720. The zero-order chi connectivity index (χ0) is 30.5. The van der Waals surface area contributed by atoms with Crippen LogP contribution in [0.15, 0.2) is 47.5 Å². The zero-order valence-corrected chi connectivity index (χ0v) is 26.9. The van der Waals surface area contributed by atoms with E-state index < -0.39 is 17.4 Å². The average molecular weight is 724 g/mol. The van der Waals surface area contributed by atoms with Gasteiger partial charge in [-0.1, -0.05) is 25.5 Å². The highest BCUT2D eigenvalue weighted by Crippen LogP contribution is 2.45. The molecule has 0 bridgehead atoms. The van der Waals surface area contributed by atoms with Gasteiger partial charge < -0.3 is 0 Å². The number of aryl methyl sites for hydroxylation is 1. The van der Waals surface area contributed by atoms with Gasteiger partial charge in [0.25, 0.3) is 5.91 Å². The summed E-state index contributed by atoms with van der Waals surface area (Å²) in [5, 5.41) is 0.395. The Hall–Kier alpha value is -2.71. The maximum absolute atomic E-state index is 14.3. The predicted octanol–water partition coefficient (Wildman–Crippen LogP) is 7.12. The van der Waals surface area contributed by atoms with Gasteiger partial charge in [0.1, 0.15) is 0 Å². The van der Waals surface area contributed by atoms with Gasteiger partial charge in [0.2, 0.25) is 0 Å². The second-order valence-electron chi connectivity index (χ2n) is 11.9. The third kappa shape index (κ3) is 6.02. The number of halogens is 4. The van der Waals surface area contributed by atoms with Crippen LogP contribution in [-0.4, -0.2) is 37.8 Å². The highest BCUT2D eigenvalue weighted by atomic mass is 127. The number of benzene rings is 1. The van der Waals surface area contributed by atoms with E-state index in [4.69, 9.17) is 4.98 Å². The minimum atomic E-state index is -4.61. The van der Waals surface area contributed by atoms with Gasteiger partial charge in [-0.2, -0.15) is 13.2 Å². The summed E-state index contributed by atoms with van der Waals surface area (Å²) in [5.74, 6) is 0.483. The molecule has 1 aromatic carbocycles. The second-order valence-corrected chi connectivity index (χ2v) is 13.7. The van der Waals surface area contributed by atoms with Gasteiger partial charge in [0, 0.05) is 36.3 Å². The molecule has 228 valence electrons. The van der Waals surface area contributed by atoms with Crippen LogP contribution in [0.2, 0.25) is 0 Å². The smallest absolute Gasteiger partial charge is 0.299 e. The normalized spacial score (nSPS) is 19.0. The first-order valence-electron chi connectivity index (χ1n) is 14.6. The highest BCUT2D eigenvalue weighted by Gasteiger charge is 2.36. The molecule has 0 spiro atoms. The number of carbonyl (C=O) groups excluding carboxylic acids is 1. The summed E-state index contributed by atoms with van der Waals surface area (Å²) < 4.78 is 48.0. The maximum atomic E-state index is 14.3. The molecule has 1 saturated heterocycles. The third-order valence-corrected chi connectivity index (χ3v) is 10.3. The molecule has 6 rings (SSSR count). The molecular formula is C31H33F3IN5O2S. The molecule has 1 N–H and O–H groups in total. The van der Waals surface area contributed by atoms with Crippen LogP contribution in [0.4, 0.5) is 13.2 Å². The van der Waals surface area contributed by atoms with E-state index in [1.165, 1.54) is 28.2 Å². The van der Waals surface area contributed by atoms with Crippen molar-refractivity contribution in [3.05, 3.63) is 85.5 Å². The molecule has 2 atom stereocenters. The molecule has 3 aromatic heterocycles. The van der Waals surface area contributed by atoms with Gasteiger partial charge in [-0.25, -0.2) is 9.78 Å². The molecule has 43 heavy (non-hydrogen) atoms. The fourth-order valence-corrected chi connectivity index (χ4v) is 7.85. The molecule has 7 nitrogen and oxygen atoms in total. The van der Waals surface area contributed by atoms with Crippen LogP contribution in [-0.2, 0) is 12.7 Å². The maximum Gasteiger partial charge on any atom is 0.418 e. The summed E-state index contributed by atoms with van der Waals surface area (Å²) >= 11 is 3.15. The minimum absolute atomic E-state index is 0.0854. The van der Waals surface area contributed by atoms with Crippen LogP contribution in [0.5, 0.6) is 0 Å². The molecule has 4 aromatic rings. The van der Waals surface area contributed by atoms with Crippen molar-refractivity contribution in [2.75, 3.05) is 13.1 Å². The van der Waals surface area contributed by atoms with Gasteiger partial charge in [-0.3, -0.25) is 22.2 Å². The topological polar surface area (TPSA) is 71.6 Å². The summed E-state index contributed by atoms with van der Waals surface area (Å²) in [6, 6.07) is 8.62. The number of thiazole rings is 1. The lowest BCUT2D eigenvalue weighted by Gasteiger charge is -2.34. The lowest BCUT2D eigenvalue weighted by atomic mass is 9.71. The van der Waals surface area contributed by atoms with Crippen molar-refractivity contribution in [2.45, 2.75) is 64.6 Å². The number of piperidine rings is 1. The summed E-state index contributed by atoms with van der Waals surface area (Å²) in [6.07, 6.45) is 3.51. The van der Waals surface area contributed by atoms with E-state index in [1.54, 1.807) is 35.1 Å². The number of nitrogens with zero attached hydrogens (tertiary/aromatic N) is 4. The Balaban J connectivity index is 1.42. The number of hydrogen-bond acceptors (Lipinski definition) is 5. The Morgan fingerprint density at radius 3 is 2.65 bits per heavy atom. The Morgan fingerprint density at radius 1 is 1.19 bits per heavy atom. The van der Waals surface area contributed by atoms with E-state index in [9.17, 15) is 22.8 Å². The Kier molecular flexibility index (Phi) is 8.46. The van der Waals surface area contributed by atoms with Crippen LogP contribution in [0, 0.1) is 18.8 Å². The number of alkyl halides is 3. The molecule has 1 amide bonds. The van der Waals surface area contributed by atoms with Crippen molar-refractivity contribution >= 4 is 45.6 Å². The monoisotopic (exact) mass is 723 g/mol. The molecule has 0 radical (unpaired) electrons. The molecule has 2 aliphatic rings. The number of imidazole rings is 1. The summed E-state index contributed by atoms with van der Waals surface area (Å²) in [5.41, 5.74) is 1.21. The second kappa shape index (κ2) is 12.0. The van der Waals surface area contributed by atoms with Crippen LogP contribution >= 0.6 is 34.2 Å². The number of rotatable bonds is 7. The Labute approximate surface area is 265 Å². The van der Waals surface area contributed by atoms with Crippen molar-refractivity contribution < 1.29 is 18.0 Å². The van der Waals surface area contributed by atoms with E-state index in [1.807, 2.05) is 25.1 Å². The number of fused-ring (bicyclic) bond motifs is 1. The zero-order valence-electron chi connectivity index (χ0n) is 24.0. The first-order valence-corrected chi connectivity index (χ1v) is 16.5. The number of aromatic nitrogens is 3.